The van der Waals surface area contributed by atoms with Gasteiger partial charge in [0.15, 0.2) is 0 Å². The van der Waals surface area contributed by atoms with Crippen LogP contribution in [-0.2, 0) is 36.9 Å². The van der Waals surface area contributed by atoms with Crippen LogP contribution in [0, 0.1) is 6.07 Å². The molecular weight excluding hydrogens is 376 g/mol. The molecule has 1 heterocycles. The fourth-order valence-corrected chi connectivity index (χ4v) is 1.90. The number of hydrogen-bond acceptors (Lipinski definition) is 5. The predicted octanol–water partition coefficient (Wildman–Crippen LogP) is -1.79. The van der Waals surface area contributed by atoms with E-state index >= 15 is 0 Å². The summed E-state index contributed by atoms with van der Waals surface area (Å²) in [5, 5.41) is 0. The van der Waals surface area contributed by atoms with Gasteiger partial charge in [-0.15, -0.1) is 11.1 Å². The molecule has 0 N–H and O–H groups in total. The summed E-state index contributed by atoms with van der Waals surface area (Å²) in [6.07, 6.45) is 0. The molecule has 7 heteroatoms. The molecule has 0 radical (unpaired) electrons. The summed E-state index contributed by atoms with van der Waals surface area (Å²) in [6.45, 7) is 5.74. The second-order valence-electron chi connectivity index (χ2n) is 4.69. The molecule has 0 aromatic heterocycles. The van der Waals surface area contributed by atoms with E-state index in [4.69, 9.17) is 23.7 Å². The second kappa shape index (κ2) is 15.8. The zero-order valence-corrected chi connectivity index (χ0v) is 16.4. The molecule has 5 nitrogen and oxygen atoms in total. The molecule has 0 amide bonds. The van der Waals surface area contributed by atoms with Crippen LogP contribution in [0.15, 0.2) is 18.2 Å². The molecule has 2 bridgehead atoms. The number of ether oxygens (including phenoxy) is 5. The van der Waals surface area contributed by atoms with Gasteiger partial charge in [0.05, 0.1) is 52.9 Å². The number of halogens is 1. The van der Waals surface area contributed by atoms with Crippen LogP contribution in [0.3, 0.4) is 0 Å². The van der Waals surface area contributed by atoms with Gasteiger partial charge in [0.1, 0.15) is 0 Å². The molecule has 1 aromatic rings. The average molecular weight is 400 g/mol. The summed E-state index contributed by atoms with van der Waals surface area (Å²) in [5.74, 6) is 0. The first-order chi connectivity index (χ1) is 10.4. The number of hydrogen-bond donors (Lipinski definition) is 0. The number of fused-ring (bicyclic) bond motifs is 2. The second-order valence-corrected chi connectivity index (χ2v) is 4.69. The summed E-state index contributed by atoms with van der Waals surface area (Å²) in [7, 11) is 0. The molecule has 0 saturated carbocycles. The topological polar surface area (TPSA) is 46.2 Å². The zero-order valence-electron chi connectivity index (χ0n) is 13.4. The van der Waals surface area contributed by atoms with Crippen molar-refractivity contribution in [3.63, 3.8) is 0 Å². The van der Waals surface area contributed by atoms with Crippen molar-refractivity contribution in [1.29, 1.82) is 0 Å². The van der Waals surface area contributed by atoms with Gasteiger partial charge in [0.25, 0.3) is 0 Å². The fraction of sp³-hybridized carbons (Fsp3) is 0.625. The maximum Gasteiger partial charge on any atom is 2.00 e. The Labute approximate surface area is 164 Å². The van der Waals surface area contributed by atoms with Crippen LogP contribution in [0.2, 0.25) is 0 Å². The first kappa shape index (κ1) is 23.3. The van der Waals surface area contributed by atoms with Crippen LogP contribution in [0.25, 0.3) is 0 Å². The van der Waals surface area contributed by atoms with Crippen LogP contribution in [-0.4, -0.2) is 75.9 Å². The van der Waals surface area contributed by atoms with Crippen LogP contribution < -0.4 is 17.0 Å². The molecule has 0 atom stereocenters. The van der Waals surface area contributed by atoms with E-state index in [0.29, 0.717) is 66.1 Å². The molecule has 0 aliphatic carbocycles. The molecule has 2 rings (SSSR count). The summed E-state index contributed by atoms with van der Waals surface area (Å²) in [6, 6.07) is 9.05. The van der Waals surface area contributed by atoms with Crippen molar-refractivity contribution in [1.82, 2.24) is 0 Å². The van der Waals surface area contributed by atoms with Gasteiger partial charge in [-0.3, -0.25) is 0 Å². The Morgan fingerprint density at radius 1 is 0.609 bits per heavy atom. The van der Waals surface area contributed by atoms with Crippen molar-refractivity contribution in [2.45, 2.75) is 13.2 Å². The SMILES string of the molecule is [Br-].[Mg+2].[c-]1cc2cc(c1)COCCOCCOCCOCCOC2. The van der Waals surface area contributed by atoms with Crippen molar-refractivity contribution >= 4 is 23.1 Å². The first-order valence-electron chi connectivity index (χ1n) is 7.33. The minimum atomic E-state index is 0. The van der Waals surface area contributed by atoms with Gasteiger partial charge in [-0.2, -0.15) is 24.3 Å². The van der Waals surface area contributed by atoms with Gasteiger partial charge in [-0.05, 0) is 0 Å². The predicted molar refractivity (Wildman–Crippen MR) is 82.8 cm³/mol. The van der Waals surface area contributed by atoms with E-state index in [0.717, 1.165) is 11.1 Å². The van der Waals surface area contributed by atoms with E-state index in [1.165, 1.54) is 0 Å². The van der Waals surface area contributed by atoms with E-state index in [2.05, 4.69) is 12.1 Å². The van der Waals surface area contributed by atoms with Gasteiger partial charge < -0.3 is 40.7 Å². The van der Waals surface area contributed by atoms with Crippen LogP contribution >= 0.6 is 0 Å². The molecule has 1 aliphatic rings. The summed E-state index contributed by atoms with van der Waals surface area (Å²) in [5.41, 5.74) is 2.19. The Bertz CT molecular complexity index is 363. The summed E-state index contributed by atoms with van der Waals surface area (Å²) < 4.78 is 27.4. The Kier molecular flexibility index (Phi) is 16.0. The Morgan fingerprint density at radius 2 is 0.957 bits per heavy atom. The molecule has 1 aliphatic heterocycles. The number of rotatable bonds is 0. The van der Waals surface area contributed by atoms with E-state index in [1.807, 2.05) is 12.1 Å². The molecule has 1 aromatic carbocycles. The van der Waals surface area contributed by atoms with Crippen LogP contribution in [0.5, 0.6) is 0 Å². The maximum atomic E-state index is 5.57. The third-order valence-corrected chi connectivity index (χ3v) is 2.93. The zero-order chi connectivity index (χ0) is 14.6. The average Bonchev–Trinajstić information content (AvgIpc) is 2.51. The van der Waals surface area contributed by atoms with Gasteiger partial charge >= 0.3 is 23.1 Å². The standard InChI is InChI=1S/C16H23O5.BrH.Mg/c1-2-15-12-16(3-1)14-21-11-9-19-7-5-17-4-6-18-8-10-20-13-15;;/h2-3,12H,4-11,13-14H2;1H;/q-1;;+2/p-1. The minimum absolute atomic E-state index is 0. The third kappa shape index (κ3) is 11.4. The van der Waals surface area contributed by atoms with Crippen molar-refractivity contribution in [2.24, 2.45) is 0 Å². The van der Waals surface area contributed by atoms with Crippen molar-refractivity contribution in [3.8, 4) is 0 Å². The molecule has 126 valence electrons. The van der Waals surface area contributed by atoms with Crippen molar-refractivity contribution < 1.29 is 40.7 Å². The molecule has 23 heavy (non-hydrogen) atoms. The molecule has 0 unspecified atom stereocenters. The monoisotopic (exact) mass is 398 g/mol. The van der Waals surface area contributed by atoms with Crippen molar-refractivity contribution in [3.05, 3.63) is 35.4 Å². The van der Waals surface area contributed by atoms with Crippen molar-refractivity contribution in [2.75, 3.05) is 52.9 Å². The summed E-state index contributed by atoms with van der Waals surface area (Å²) >= 11 is 0. The van der Waals surface area contributed by atoms with Gasteiger partial charge in [0.2, 0.25) is 0 Å². The fourth-order valence-electron chi connectivity index (χ4n) is 1.90. The maximum absolute atomic E-state index is 5.57. The smallest absolute Gasteiger partial charge is 1.00 e. The quantitative estimate of drug-likeness (QED) is 0.381. The Hall–Kier alpha value is 0.266. The molecular formula is C16H23BrMgO5. The van der Waals surface area contributed by atoms with E-state index < -0.39 is 0 Å². The third-order valence-electron chi connectivity index (χ3n) is 2.93. The minimum Gasteiger partial charge on any atom is -1.00 e. The normalized spacial score (nSPS) is 18.6. The molecule has 0 fully saturated rings. The van der Waals surface area contributed by atoms with E-state index in [1.54, 1.807) is 0 Å². The van der Waals surface area contributed by atoms with Gasteiger partial charge in [-0.1, -0.05) is 0 Å². The Morgan fingerprint density at radius 3 is 1.35 bits per heavy atom. The van der Waals surface area contributed by atoms with Crippen LogP contribution in [0.4, 0.5) is 0 Å². The summed E-state index contributed by atoms with van der Waals surface area (Å²) in [4.78, 5) is 0. The largest absolute Gasteiger partial charge is 2.00 e. The number of benzene rings is 1. The van der Waals surface area contributed by atoms with Gasteiger partial charge in [0, 0.05) is 13.2 Å². The van der Waals surface area contributed by atoms with E-state index in [-0.39, 0.29) is 40.0 Å². The Balaban J connectivity index is 0.00000242. The first-order valence-corrected chi connectivity index (χ1v) is 7.33. The molecule has 0 spiro atoms. The van der Waals surface area contributed by atoms with E-state index in [9.17, 15) is 0 Å². The molecule has 0 saturated heterocycles. The van der Waals surface area contributed by atoms with Crippen LogP contribution in [0.1, 0.15) is 11.1 Å². The van der Waals surface area contributed by atoms with Gasteiger partial charge in [-0.25, -0.2) is 0 Å².